The fourth-order valence-electron chi connectivity index (χ4n) is 2.57. The van der Waals surface area contributed by atoms with Gasteiger partial charge in [-0.1, -0.05) is 18.2 Å². The molecule has 2 aromatic rings. The minimum Gasteiger partial charge on any atom is -0.479 e. The first-order valence-corrected chi connectivity index (χ1v) is 7.26. The van der Waals surface area contributed by atoms with Crippen molar-refractivity contribution in [3.63, 3.8) is 0 Å². The van der Waals surface area contributed by atoms with Crippen LogP contribution in [0.15, 0.2) is 36.7 Å². The Morgan fingerprint density at radius 3 is 2.83 bits per heavy atom. The van der Waals surface area contributed by atoms with Gasteiger partial charge >= 0.3 is 5.97 Å². The molecule has 1 aliphatic heterocycles. The first-order valence-electron chi connectivity index (χ1n) is 7.26. The number of aromatic nitrogens is 2. The zero-order chi connectivity index (χ0) is 16.4. The lowest BCUT2D eigenvalue weighted by Crippen LogP contribution is -2.55. The Balaban J connectivity index is 1.82. The number of amides is 1. The van der Waals surface area contributed by atoms with Crippen LogP contribution in [0.1, 0.15) is 22.3 Å². The van der Waals surface area contributed by atoms with Crippen LogP contribution >= 0.6 is 0 Å². The quantitative estimate of drug-likeness (QED) is 0.883. The van der Waals surface area contributed by atoms with Crippen LogP contribution in [0.2, 0.25) is 0 Å². The largest absolute Gasteiger partial charge is 0.479 e. The van der Waals surface area contributed by atoms with Crippen LogP contribution in [0.4, 0.5) is 0 Å². The lowest BCUT2D eigenvalue weighted by Gasteiger charge is -2.23. The molecule has 3 rings (SSSR count). The van der Waals surface area contributed by atoms with Crippen molar-refractivity contribution in [1.29, 1.82) is 0 Å². The van der Waals surface area contributed by atoms with Crippen molar-refractivity contribution in [2.45, 2.75) is 18.9 Å². The van der Waals surface area contributed by atoms with Gasteiger partial charge < -0.3 is 15.2 Å². The van der Waals surface area contributed by atoms with E-state index in [-0.39, 0.29) is 13.0 Å². The molecule has 1 aliphatic rings. The molecule has 7 nitrogen and oxygen atoms in total. The first kappa shape index (κ1) is 15.2. The van der Waals surface area contributed by atoms with E-state index in [4.69, 9.17) is 4.74 Å². The highest BCUT2D eigenvalue weighted by atomic mass is 16.5. The Morgan fingerprint density at radius 2 is 2.17 bits per heavy atom. The van der Waals surface area contributed by atoms with E-state index < -0.39 is 17.4 Å². The van der Waals surface area contributed by atoms with Crippen molar-refractivity contribution >= 4 is 11.9 Å². The third-order valence-corrected chi connectivity index (χ3v) is 3.99. The standard InChI is InChI=1S/C16H17N3O4/c1-11-4-2-3-5-13(11)19-9-12(8-17-19)14(20)18-16(15(21)22)6-7-23-10-16/h2-5,8-9H,6-7,10H2,1H3,(H,18,20)(H,21,22). The molecule has 1 aromatic heterocycles. The van der Waals surface area contributed by atoms with Gasteiger partial charge in [-0.3, -0.25) is 4.79 Å². The van der Waals surface area contributed by atoms with Gasteiger partial charge in [-0.05, 0) is 18.6 Å². The lowest BCUT2D eigenvalue weighted by atomic mass is 9.98. The molecule has 7 heteroatoms. The average Bonchev–Trinajstić information content (AvgIpc) is 3.17. The monoisotopic (exact) mass is 315 g/mol. The van der Waals surface area contributed by atoms with Crippen LogP contribution < -0.4 is 5.32 Å². The van der Waals surface area contributed by atoms with Crippen LogP contribution in [-0.4, -0.2) is 45.5 Å². The van der Waals surface area contributed by atoms with Crippen molar-refractivity contribution in [3.05, 3.63) is 47.8 Å². The summed E-state index contributed by atoms with van der Waals surface area (Å²) in [6.07, 6.45) is 3.26. The van der Waals surface area contributed by atoms with Gasteiger partial charge in [0.25, 0.3) is 5.91 Å². The molecule has 2 N–H and O–H groups in total. The normalized spacial score (nSPS) is 20.4. The molecule has 120 valence electrons. The summed E-state index contributed by atoms with van der Waals surface area (Å²) in [5.41, 5.74) is 0.834. The zero-order valence-corrected chi connectivity index (χ0v) is 12.7. The molecule has 0 radical (unpaired) electrons. The highest BCUT2D eigenvalue weighted by Crippen LogP contribution is 2.20. The number of aliphatic carboxylic acids is 1. The number of nitrogens with one attached hydrogen (secondary N) is 1. The van der Waals surface area contributed by atoms with Crippen molar-refractivity contribution in [2.24, 2.45) is 0 Å². The molecule has 2 heterocycles. The van der Waals surface area contributed by atoms with Gasteiger partial charge in [0.1, 0.15) is 0 Å². The molecule has 23 heavy (non-hydrogen) atoms. The zero-order valence-electron chi connectivity index (χ0n) is 12.7. The van der Waals surface area contributed by atoms with Crippen LogP contribution in [0.5, 0.6) is 0 Å². The maximum Gasteiger partial charge on any atom is 0.331 e. The summed E-state index contributed by atoms with van der Waals surface area (Å²) in [6.45, 7) is 2.24. The fraction of sp³-hybridized carbons (Fsp3) is 0.312. The lowest BCUT2D eigenvalue weighted by molar-refractivity contribution is -0.144. The Bertz CT molecular complexity index is 747. The first-order chi connectivity index (χ1) is 11.0. The smallest absolute Gasteiger partial charge is 0.331 e. The van der Waals surface area contributed by atoms with Crippen LogP contribution in [0, 0.1) is 6.92 Å². The summed E-state index contributed by atoms with van der Waals surface area (Å²) in [5.74, 6) is -1.56. The number of benzene rings is 1. The van der Waals surface area contributed by atoms with Crippen molar-refractivity contribution in [1.82, 2.24) is 15.1 Å². The predicted octanol–water partition coefficient (Wildman–Crippen LogP) is 1.15. The maximum absolute atomic E-state index is 12.4. The minimum absolute atomic E-state index is 0.0278. The second-order valence-corrected chi connectivity index (χ2v) is 5.60. The van der Waals surface area contributed by atoms with E-state index in [1.807, 2.05) is 31.2 Å². The van der Waals surface area contributed by atoms with E-state index in [1.165, 1.54) is 6.20 Å². The Kier molecular flexibility index (Phi) is 3.87. The van der Waals surface area contributed by atoms with E-state index in [0.29, 0.717) is 12.2 Å². The molecule has 1 fully saturated rings. The molecular weight excluding hydrogens is 298 g/mol. The number of carboxylic acids is 1. The number of para-hydroxylation sites is 1. The number of aryl methyl sites for hydroxylation is 1. The highest BCUT2D eigenvalue weighted by molar-refractivity contribution is 5.97. The number of rotatable bonds is 4. The Hall–Kier alpha value is -2.67. The number of carbonyl (C=O) groups excluding carboxylic acids is 1. The van der Waals surface area contributed by atoms with E-state index >= 15 is 0 Å². The Morgan fingerprint density at radius 1 is 1.39 bits per heavy atom. The van der Waals surface area contributed by atoms with E-state index in [1.54, 1.807) is 10.9 Å². The number of ether oxygens (including phenoxy) is 1. The molecule has 0 saturated carbocycles. The second kappa shape index (κ2) is 5.85. The summed E-state index contributed by atoms with van der Waals surface area (Å²) >= 11 is 0. The van der Waals surface area contributed by atoms with Crippen molar-refractivity contribution in [2.75, 3.05) is 13.2 Å². The number of carbonyl (C=O) groups is 2. The number of hydrogen-bond donors (Lipinski definition) is 2. The molecule has 1 atom stereocenters. The van der Waals surface area contributed by atoms with Gasteiger partial charge in [-0.15, -0.1) is 0 Å². The summed E-state index contributed by atoms with van der Waals surface area (Å²) in [4.78, 5) is 23.8. The minimum atomic E-state index is -1.36. The number of hydrogen-bond acceptors (Lipinski definition) is 4. The van der Waals surface area contributed by atoms with Gasteiger partial charge in [-0.2, -0.15) is 5.10 Å². The number of carboxylic acid groups (broad SMARTS) is 1. The van der Waals surface area contributed by atoms with Crippen LogP contribution in [0.25, 0.3) is 5.69 Å². The van der Waals surface area contributed by atoms with Crippen molar-refractivity contribution < 1.29 is 19.4 Å². The summed E-state index contributed by atoms with van der Waals surface area (Å²) < 4.78 is 6.73. The van der Waals surface area contributed by atoms with E-state index in [0.717, 1.165) is 11.3 Å². The van der Waals surface area contributed by atoms with Crippen molar-refractivity contribution in [3.8, 4) is 5.69 Å². The van der Waals surface area contributed by atoms with E-state index in [2.05, 4.69) is 10.4 Å². The molecule has 1 saturated heterocycles. The summed E-state index contributed by atoms with van der Waals surface area (Å²) in [6, 6.07) is 7.66. The summed E-state index contributed by atoms with van der Waals surface area (Å²) in [5, 5.41) is 16.1. The highest BCUT2D eigenvalue weighted by Gasteiger charge is 2.44. The Labute approximate surface area is 132 Å². The second-order valence-electron chi connectivity index (χ2n) is 5.60. The van der Waals surface area contributed by atoms with Gasteiger partial charge in [0.05, 0.1) is 24.1 Å². The third kappa shape index (κ3) is 2.83. The topological polar surface area (TPSA) is 93.5 Å². The van der Waals surface area contributed by atoms with Crippen LogP contribution in [0.3, 0.4) is 0 Å². The molecule has 0 spiro atoms. The molecule has 0 aliphatic carbocycles. The SMILES string of the molecule is Cc1ccccc1-n1cc(C(=O)NC2(C(=O)O)CCOC2)cn1. The van der Waals surface area contributed by atoms with E-state index in [9.17, 15) is 14.7 Å². The molecule has 1 aromatic carbocycles. The summed E-state index contributed by atoms with van der Waals surface area (Å²) in [7, 11) is 0. The molecule has 1 unspecified atom stereocenters. The predicted molar refractivity (Wildman–Crippen MR) is 81.6 cm³/mol. The van der Waals surface area contributed by atoms with Crippen LogP contribution in [-0.2, 0) is 9.53 Å². The van der Waals surface area contributed by atoms with Gasteiger partial charge in [0.15, 0.2) is 5.54 Å². The molecular formula is C16H17N3O4. The maximum atomic E-state index is 12.4. The number of nitrogens with zero attached hydrogens (tertiary/aromatic N) is 2. The van der Waals surface area contributed by atoms with Gasteiger partial charge in [0.2, 0.25) is 0 Å². The van der Waals surface area contributed by atoms with Gasteiger partial charge in [-0.25, -0.2) is 9.48 Å². The molecule has 0 bridgehead atoms. The average molecular weight is 315 g/mol. The van der Waals surface area contributed by atoms with Gasteiger partial charge in [0, 0.05) is 19.2 Å². The molecule has 1 amide bonds. The fourth-order valence-corrected chi connectivity index (χ4v) is 2.57. The third-order valence-electron chi connectivity index (χ3n) is 3.99.